The van der Waals surface area contributed by atoms with E-state index >= 15 is 0 Å². The maximum absolute atomic E-state index is 11.3. The number of ether oxygens (including phenoxy) is 1. The molecule has 1 aromatic rings. The first kappa shape index (κ1) is 8.55. The van der Waals surface area contributed by atoms with Gasteiger partial charge in [-0.25, -0.2) is 4.79 Å². The Balaban J connectivity index is 2.34. The Hall–Kier alpha value is -2.04. The first-order valence-electron chi connectivity index (χ1n) is 3.98. The average molecular weight is 193 g/mol. The minimum atomic E-state index is -1.41. The van der Waals surface area contributed by atoms with Gasteiger partial charge in [-0.15, -0.1) is 0 Å². The average Bonchev–Trinajstić information content (AvgIpc) is 2.44. The number of amides is 1. The van der Waals surface area contributed by atoms with Crippen LogP contribution < -0.4 is 5.32 Å². The molecule has 5 nitrogen and oxygen atoms in total. The van der Waals surface area contributed by atoms with Crippen molar-refractivity contribution in [3.8, 4) is 0 Å². The van der Waals surface area contributed by atoms with Crippen molar-refractivity contribution >= 4 is 12.1 Å². The Bertz CT molecular complexity index is 400. The van der Waals surface area contributed by atoms with Crippen molar-refractivity contribution in [2.75, 3.05) is 0 Å². The molecule has 1 heterocycles. The third kappa shape index (κ3) is 1.28. The molecule has 0 spiro atoms. The van der Waals surface area contributed by atoms with Gasteiger partial charge in [-0.3, -0.25) is 4.79 Å². The quantitative estimate of drug-likeness (QED) is 0.655. The van der Waals surface area contributed by atoms with Crippen LogP contribution in [0.4, 0.5) is 4.79 Å². The molecule has 0 radical (unpaired) electrons. The van der Waals surface area contributed by atoms with Crippen LogP contribution in [0.1, 0.15) is 22.1 Å². The van der Waals surface area contributed by atoms with Gasteiger partial charge in [0.05, 0.1) is 0 Å². The molecule has 0 bridgehead atoms. The van der Waals surface area contributed by atoms with E-state index in [2.05, 4.69) is 10.1 Å². The molecule has 0 fully saturated rings. The zero-order chi connectivity index (χ0) is 10.1. The summed E-state index contributed by atoms with van der Waals surface area (Å²) in [6, 6.07) is 6.70. The fourth-order valence-electron chi connectivity index (χ4n) is 1.40. The van der Waals surface area contributed by atoms with Gasteiger partial charge in [-0.05, 0) is 6.07 Å². The molecule has 1 unspecified atom stereocenters. The van der Waals surface area contributed by atoms with Crippen LogP contribution in [-0.2, 0) is 4.74 Å². The molecule has 1 amide bonds. The van der Waals surface area contributed by atoms with Gasteiger partial charge < -0.3 is 15.2 Å². The summed E-state index contributed by atoms with van der Waals surface area (Å²) >= 11 is 0. The predicted molar refractivity (Wildman–Crippen MR) is 45.8 cm³/mol. The number of hydrogen-bond donors (Lipinski definition) is 2. The maximum atomic E-state index is 11.3. The highest BCUT2D eigenvalue weighted by Gasteiger charge is 2.30. The van der Waals surface area contributed by atoms with Gasteiger partial charge in [-0.2, -0.15) is 0 Å². The molecule has 5 heteroatoms. The van der Waals surface area contributed by atoms with E-state index in [0.29, 0.717) is 11.1 Å². The zero-order valence-corrected chi connectivity index (χ0v) is 7.06. The van der Waals surface area contributed by atoms with Gasteiger partial charge in [-0.1, -0.05) is 18.2 Å². The molecule has 2 N–H and O–H groups in total. The number of rotatable bonds is 1. The summed E-state index contributed by atoms with van der Waals surface area (Å²) in [6.07, 6.45) is -2.29. The van der Waals surface area contributed by atoms with E-state index in [9.17, 15) is 9.59 Å². The lowest BCUT2D eigenvalue weighted by atomic mass is 10.1. The third-order valence-electron chi connectivity index (χ3n) is 1.97. The fourth-order valence-corrected chi connectivity index (χ4v) is 1.40. The van der Waals surface area contributed by atoms with Crippen LogP contribution in [0.15, 0.2) is 24.3 Å². The first-order valence-corrected chi connectivity index (χ1v) is 3.98. The van der Waals surface area contributed by atoms with E-state index in [0.717, 1.165) is 0 Å². The Morgan fingerprint density at radius 3 is 2.86 bits per heavy atom. The minimum Gasteiger partial charge on any atom is -0.450 e. The van der Waals surface area contributed by atoms with Gasteiger partial charge in [0.1, 0.15) is 0 Å². The van der Waals surface area contributed by atoms with Crippen molar-refractivity contribution in [1.82, 2.24) is 5.32 Å². The van der Waals surface area contributed by atoms with Gasteiger partial charge >= 0.3 is 6.16 Å². The van der Waals surface area contributed by atoms with Crippen molar-refractivity contribution in [3.63, 3.8) is 0 Å². The lowest BCUT2D eigenvalue weighted by Gasteiger charge is -2.09. The first-order chi connectivity index (χ1) is 6.68. The van der Waals surface area contributed by atoms with E-state index in [1.165, 1.54) is 0 Å². The lowest BCUT2D eigenvalue weighted by Crippen LogP contribution is -2.23. The molecule has 0 saturated heterocycles. The number of carbonyl (C=O) groups excluding carboxylic acids is 1. The number of carbonyl (C=O) groups is 2. The highest BCUT2D eigenvalue weighted by atomic mass is 16.7. The van der Waals surface area contributed by atoms with Crippen LogP contribution in [0.3, 0.4) is 0 Å². The Labute approximate surface area is 79.3 Å². The molecule has 1 aromatic carbocycles. The van der Waals surface area contributed by atoms with Crippen molar-refractivity contribution in [1.29, 1.82) is 0 Å². The Morgan fingerprint density at radius 2 is 2.14 bits per heavy atom. The lowest BCUT2D eigenvalue weighted by molar-refractivity contribution is 0.0397. The van der Waals surface area contributed by atoms with Gasteiger partial charge in [0.15, 0.2) is 0 Å². The summed E-state index contributed by atoms with van der Waals surface area (Å²) in [5.41, 5.74) is 1.01. The van der Waals surface area contributed by atoms with E-state index in [1.807, 2.05) is 0 Å². The number of benzene rings is 1. The largest absolute Gasteiger partial charge is 0.507 e. The van der Waals surface area contributed by atoms with Crippen molar-refractivity contribution in [2.24, 2.45) is 0 Å². The monoisotopic (exact) mass is 193 g/mol. The normalized spacial score (nSPS) is 18.6. The number of fused-ring (bicyclic) bond motifs is 1. The molecule has 1 aliphatic heterocycles. The standard InChI is InChI=1S/C9H7NO4/c11-7-5-3-1-2-4-6(5)8(10-7)14-9(12)13/h1-4,8H,(H,10,11)(H,12,13). The second-order valence-electron chi connectivity index (χ2n) is 2.82. The van der Waals surface area contributed by atoms with Crippen molar-refractivity contribution in [2.45, 2.75) is 6.23 Å². The SMILES string of the molecule is O=C(O)OC1NC(=O)c2ccccc21. The number of nitrogens with one attached hydrogen (secondary N) is 1. The third-order valence-corrected chi connectivity index (χ3v) is 1.97. The molecule has 1 aliphatic rings. The van der Waals surface area contributed by atoms with E-state index in [4.69, 9.17) is 5.11 Å². The van der Waals surface area contributed by atoms with Gasteiger partial charge in [0.2, 0.25) is 6.23 Å². The molecule has 1 atom stereocenters. The highest BCUT2D eigenvalue weighted by Crippen LogP contribution is 2.25. The second kappa shape index (κ2) is 3.02. The van der Waals surface area contributed by atoms with E-state index < -0.39 is 12.4 Å². The summed E-state index contributed by atoms with van der Waals surface area (Å²) in [6.45, 7) is 0. The van der Waals surface area contributed by atoms with Crippen molar-refractivity contribution in [3.05, 3.63) is 35.4 Å². The molecule has 0 aliphatic carbocycles. The topological polar surface area (TPSA) is 75.6 Å². The highest BCUT2D eigenvalue weighted by molar-refractivity contribution is 5.99. The predicted octanol–water partition coefficient (Wildman–Crippen LogP) is 1.12. The maximum Gasteiger partial charge on any atom is 0.507 e. The molecule has 72 valence electrons. The number of carboxylic acid groups (broad SMARTS) is 1. The van der Waals surface area contributed by atoms with Gasteiger partial charge in [0.25, 0.3) is 5.91 Å². The Morgan fingerprint density at radius 1 is 1.43 bits per heavy atom. The molecule has 0 saturated carbocycles. The molecular formula is C9H7NO4. The van der Waals surface area contributed by atoms with Crippen LogP contribution in [-0.4, -0.2) is 17.2 Å². The zero-order valence-electron chi connectivity index (χ0n) is 7.06. The summed E-state index contributed by atoms with van der Waals surface area (Å²) in [4.78, 5) is 21.6. The van der Waals surface area contributed by atoms with E-state index in [1.54, 1.807) is 24.3 Å². The summed E-state index contributed by atoms with van der Waals surface area (Å²) in [5.74, 6) is -0.313. The summed E-state index contributed by atoms with van der Waals surface area (Å²) in [7, 11) is 0. The summed E-state index contributed by atoms with van der Waals surface area (Å²) in [5, 5.41) is 10.8. The van der Waals surface area contributed by atoms with E-state index in [-0.39, 0.29) is 5.91 Å². The molecule has 14 heavy (non-hydrogen) atoms. The Kier molecular flexibility index (Phi) is 1.85. The second-order valence-corrected chi connectivity index (χ2v) is 2.82. The minimum absolute atomic E-state index is 0.313. The molecule has 2 rings (SSSR count). The van der Waals surface area contributed by atoms with Crippen LogP contribution in [0, 0.1) is 0 Å². The molecule has 0 aromatic heterocycles. The molecular weight excluding hydrogens is 186 g/mol. The van der Waals surface area contributed by atoms with Crippen molar-refractivity contribution < 1.29 is 19.4 Å². The fraction of sp³-hybridized carbons (Fsp3) is 0.111. The summed E-state index contributed by atoms with van der Waals surface area (Å²) < 4.78 is 4.49. The smallest absolute Gasteiger partial charge is 0.450 e. The van der Waals surface area contributed by atoms with Crippen LogP contribution in [0.5, 0.6) is 0 Å². The number of hydrogen-bond acceptors (Lipinski definition) is 3. The van der Waals surface area contributed by atoms with Crippen LogP contribution in [0.2, 0.25) is 0 Å². The van der Waals surface area contributed by atoms with Gasteiger partial charge in [0, 0.05) is 11.1 Å². The van der Waals surface area contributed by atoms with Crippen LogP contribution >= 0.6 is 0 Å². The van der Waals surface area contributed by atoms with Crippen LogP contribution in [0.25, 0.3) is 0 Å².